The molecule has 4 rings (SSSR count). The summed E-state index contributed by atoms with van der Waals surface area (Å²) in [5, 5.41) is 0. The number of benzene rings is 2. The Hall–Kier alpha value is -2.36. The van der Waals surface area contributed by atoms with Crippen molar-refractivity contribution >= 4 is 29.6 Å². The third-order valence-corrected chi connectivity index (χ3v) is 5.58. The van der Waals surface area contributed by atoms with E-state index in [9.17, 15) is 0 Å². The van der Waals surface area contributed by atoms with Gasteiger partial charge in [-0.15, -0.1) is 0 Å². The average Bonchev–Trinajstić information content (AvgIpc) is 2.93. The summed E-state index contributed by atoms with van der Waals surface area (Å²) in [6.07, 6.45) is -0.296. The lowest BCUT2D eigenvalue weighted by Crippen LogP contribution is -2.57. The molecule has 0 saturated carbocycles. The van der Waals surface area contributed by atoms with Crippen molar-refractivity contribution in [2.75, 3.05) is 28.5 Å². The van der Waals surface area contributed by atoms with Crippen LogP contribution in [0.3, 0.4) is 0 Å². The Labute approximate surface area is 162 Å². The van der Waals surface area contributed by atoms with E-state index in [0.29, 0.717) is 0 Å². The van der Waals surface area contributed by atoms with Crippen LogP contribution in [-0.4, -0.2) is 27.2 Å². The van der Waals surface area contributed by atoms with Gasteiger partial charge in [-0.05, 0) is 48.7 Å². The molecule has 2 aromatic carbocycles. The normalized spacial score (nSPS) is 21.7. The minimum Gasteiger partial charge on any atom is -0.395 e. The number of nitrogens with zero attached hydrogens (tertiary/aromatic N) is 3. The maximum atomic E-state index is 8.10. The minimum absolute atomic E-state index is 0.0260. The molecule has 1 atom stereocenters. The van der Waals surface area contributed by atoms with Crippen molar-refractivity contribution in [3.05, 3.63) is 60.1 Å². The van der Waals surface area contributed by atoms with E-state index in [0.717, 1.165) is 11.4 Å². The zero-order chi connectivity index (χ0) is 21.1. The minimum atomic E-state index is -2.20. The van der Waals surface area contributed by atoms with Gasteiger partial charge in [0.15, 0.2) is 0 Å². The molecule has 0 unspecified atom stereocenters. The molecule has 3 nitrogen and oxygen atoms in total. The van der Waals surface area contributed by atoms with Crippen LogP contribution in [0.2, 0.25) is 0 Å². The Balaban J connectivity index is 1.88. The van der Waals surface area contributed by atoms with Crippen LogP contribution in [0.1, 0.15) is 37.4 Å². The molecule has 26 heavy (non-hydrogen) atoms. The summed E-state index contributed by atoms with van der Waals surface area (Å²) in [7, 11) is 2.09. The first-order valence-electron chi connectivity index (χ1n) is 10.7. The molecule has 2 heterocycles. The fourth-order valence-electron chi connectivity index (χ4n) is 4.20. The Morgan fingerprint density at radius 2 is 1.58 bits per heavy atom. The highest BCUT2D eigenvalue weighted by molar-refractivity contribution is 6.74. The molecule has 0 aromatic heterocycles. The second-order valence-electron chi connectivity index (χ2n) is 8.27. The molecule has 0 bridgehead atoms. The molecule has 2 aliphatic heterocycles. The lowest BCUT2D eigenvalue weighted by atomic mass is 9.62. The Morgan fingerprint density at radius 3 is 2.23 bits per heavy atom. The summed E-state index contributed by atoms with van der Waals surface area (Å²) in [5.74, 6) is 2.30. The van der Waals surface area contributed by atoms with Gasteiger partial charge in [0, 0.05) is 16.8 Å². The smallest absolute Gasteiger partial charge is 0.395 e. The van der Waals surface area contributed by atoms with E-state index >= 15 is 0 Å². The van der Waals surface area contributed by atoms with E-state index in [1.54, 1.807) is 4.90 Å². The van der Waals surface area contributed by atoms with Crippen LogP contribution >= 0.6 is 0 Å². The Kier molecular flexibility index (Phi) is 3.10. The summed E-state index contributed by atoms with van der Waals surface area (Å²) < 4.78 is 24.3. The molecule has 0 radical (unpaired) electrons. The third kappa shape index (κ3) is 2.43. The van der Waals surface area contributed by atoms with Crippen LogP contribution in [0.5, 0.6) is 0 Å². The number of fused-ring (bicyclic) bond motifs is 2. The second kappa shape index (κ2) is 5.83. The lowest BCUT2D eigenvalue weighted by Gasteiger charge is -2.42. The van der Waals surface area contributed by atoms with Crippen LogP contribution in [0, 0.1) is 5.41 Å². The highest BCUT2D eigenvalue weighted by Gasteiger charge is 2.42. The van der Waals surface area contributed by atoms with Gasteiger partial charge in [0.05, 0.1) is 17.5 Å². The molecule has 4 heteroatoms. The standard InChI is InChI=1S/C22H28BN3/c1-16-24(5)20-13-9-10-14-21(20)26(16)23-15-18(22(2,3)4)17-11-7-8-12-19(17)25(23)6/h7-16H,1-6H3/t16-/m0/s1/i5D3. The first-order chi connectivity index (χ1) is 13.5. The van der Waals surface area contributed by atoms with Crippen LogP contribution in [0.15, 0.2) is 54.5 Å². The number of allylic oxidation sites excluding steroid dienone is 1. The molecule has 0 amide bonds. The van der Waals surface area contributed by atoms with Gasteiger partial charge in [-0.3, -0.25) is 0 Å². The van der Waals surface area contributed by atoms with Crippen molar-refractivity contribution in [2.24, 2.45) is 5.41 Å². The summed E-state index contributed by atoms with van der Waals surface area (Å²) in [6.45, 7) is 6.38. The third-order valence-electron chi connectivity index (χ3n) is 5.58. The highest BCUT2D eigenvalue weighted by Crippen LogP contribution is 2.45. The first-order valence-corrected chi connectivity index (χ1v) is 9.23. The number of hydrogen-bond donors (Lipinski definition) is 0. The van der Waals surface area contributed by atoms with E-state index in [1.807, 2.05) is 31.2 Å². The van der Waals surface area contributed by atoms with Crippen molar-refractivity contribution in [2.45, 2.75) is 33.9 Å². The van der Waals surface area contributed by atoms with Crippen LogP contribution in [0.25, 0.3) is 5.57 Å². The summed E-state index contributed by atoms with van der Waals surface area (Å²) in [4.78, 5) is 6.03. The Morgan fingerprint density at radius 1 is 0.962 bits per heavy atom. The van der Waals surface area contributed by atoms with Crippen molar-refractivity contribution in [3.8, 4) is 0 Å². The monoisotopic (exact) mass is 348 g/mol. The molecular weight excluding hydrogens is 317 g/mol. The lowest BCUT2D eigenvalue weighted by molar-refractivity contribution is 0.566. The second-order valence-corrected chi connectivity index (χ2v) is 8.27. The van der Waals surface area contributed by atoms with Gasteiger partial charge in [0.2, 0.25) is 0 Å². The topological polar surface area (TPSA) is 9.72 Å². The number of hydrogen-bond acceptors (Lipinski definition) is 3. The molecule has 0 fully saturated rings. The fraction of sp³-hybridized carbons (Fsp3) is 0.364. The van der Waals surface area contributed by atoms with Gasteiger partial charge in [-0.2, -0.15) is 0 Å². The van der Waals surface area contributed by atoms with Gasteiger partial charge >= 0.3 is 6.98 Å². The van der Waals surface area contributed by atoms with Gasteiger partial charge < -0.3 is 14.5 Å². The van der Waals surface area contributed by atoms with Crippen molar-refractivity contribution in [1.29, 1.82) is 0 Å². The van der Waals surface area contributed by atoms with Gasteiger partial charge in [-0.1, -0.05) is 57.1 Å². The summed E-state index contributed by atoms with van der Waals surface area (Å²) in [6, 6.07) is 16.3. The zero-order valence-corrected chi connectivity index (χ0v) is 16.2. The number of anilines is 3. The maximum Gasteiger partial charge on any atom is 0.405 e. The largest absolute Gasteiger partial charge is 0.405 e. The maximum absolute atomic E-state index is 8.10. The van der Waals surface area contributed by atoms with E-state index in [2.05, 4.69) is 67.7 Å². The number of para-hydroxylation sites is 3. The van der Waals surface area contributed by atoms with Gasteiger partial charge in [0.1, 0.15) is 0 Å². The summed E-state index contributed by atoms with van der Waals surface area (Å²) in [5.41, 5.74) is 5.39. The van der Waals surface area contributed by atoms with Crippen LogP contribution < -0.4 is 14.5 Å². The number of rotatable bonds is 1. The molecular formula is C22H28BN3. The molecule has 134 valence electrons. The van der Waals surface area contributed by atoms with E-state index in [4.69, 9.17) is 4.11 Å². The van der Waals surface area contributed by atoms with E-state index in [-0.39, 0.29) is 18.6 Å². The zero-order valence-electron chi connectivity index (χ0n) is 19.2. The SMILES string of the molecule is [2H]C([2H])([2H])N1c2ccccc2N(B2C=C(C(C)(C)C)c3ccccc3N2C)[C@H]1C. The van der Waals surface area contributed by atoms with Crippen molar-refractivity contribution in [3.63, 3.8) is 0 Å². The predicted octanol–water partition coefficient (Wildman–Crippen LogP) is 4.90. The Bertz CT molecular complexity index is 964. The molecule has 2 aliphatic rings. The highest BCUT2D eigenvalue weighted by atomic mass is 15.4. The molecule has 0 N–H and O–H groups in total. The molecule has 0 saturated heterocycles. The predicted molar refractivity (Wildman–Crippen MR) is 115 cm³/mol. The van der Waals surface area contributed by atoms with Gasteiger partial charge in [-0.25, -0.2) is 0 Å². The van der Waals surface area contributed by atoms with Gasteiger partial charge in [0.25, 0.3) is 0 Å². The van der Waals surface area contributed by atoms with Crippen molar-refractivity contribution < 1.29 is 4.11 Å². The molecule has 2 aromatic rings. The average molecular weight is 348 g/mol. The molecule has 0 spiro atoms. The quantitative estimate of drug-likeness (QED) is 0.679. The summed E-state index contributed by atoms with van der Waals surface area (Å²) >= 11 is 0. The van der Waals surface area contributed by atoms with Crippen LogP contribution in [-0.2, 0) is 0 Å². The van der Waals surface area contributed by atoms with E-state index < -0.39 is 6.98 Å². The van der Waals surface area contributed by atoms with E-state index in [1.165, 1.54) is 16.8 Å². The van der Waals surface area contributed by atoms with Crippen molar-refractivity contribution in [1.82, 2.24) is 0 Å². The fourth-order valence-corrected chi connectivity index (χ4v) is 4.20. The molecule has 0 aliphatic carbocycles. The first kappa shape index (κ1) is 13.8. The van der Waals surface area contributed by atoms with Crippen LogP contribution in [0.4, 0.5) is 17.1 Å².